The van der Waals surface area contributed by atoms with Crippen LogP contribution in [0.15, 0.2) is 18.3 Å². The van der Waals surface area contributed by atoms with Crippen LogP contribution in [0.3, 0.4) is 0 Å². The van der Waals surface area contributed by atoms with E-state index in [1.807, 2.05) is 0 Å². The molecule has 2 rings (SSSR count). The van der Waals surface area contributed by atoms with Crippen LogP contribution in [0.2, 0.25) is 0 Å². The maximum Gasteiger partial charge on any atom is 0.273 e. The van der Waals surface area contributed by atoms with Crippen molar-refractivity contribution in [3.63, 3.8) is 0 Å². The molecule has 0 aromatic carbocycles. The second-order valence-corrected chi connectivity index (χ2v) is 4.36. The Labute approximate surface area is 116 Å². The molecule has 1 saturated heterocycles. The van der Waals surface area contributed by atoms with Crippen molar-refractivity contribution in [3.05, 3.63) is 29.6 Å². The molecule has 1 aromatic heterocycles. The van der Waals surface area contributed by atoms with Crippen molar-refractivity contribution in [2.24, 2.45) is 0 Å². The van der Waals surface area contributed by atoms with E-state index in [0.29, 0.717) is 18.7 Å². The van der Waals surface area contributed by atoms with Gasteiger partial charge in [-0.25, -0.2) is 4.98 Å². The number of carbonyl (C=O) groups excluding carboxylic acids is 2. The van der Waals surface area contributed by atoms with E-state index in [1.165, 1.54) is 11.1 Å². The third kappa shape index (κ3) is 2.95. The Hall–Kier alpha value is -2.39. The monoisotopic (exact) mass is 273 g/mol. The van der Waals surface area contributed by atoms with E-state index in [0.717, 1.165) is 0 Å². The molecule has 104 valence electrons. The zero-order valence-corrected chi connectivity index (χ0v) is 11.1. The van der Waals surface area contributed by atoms with Gasteiger partial charge in [0.15, 0.2) is 0 Å². The third-order valence-electron chi connectivity index (χ3n) is 3.05. The molecule has 1 aliphatic heterocycles. The number of aliphatic hydroxyl groups excluding tert-OH is 1. The number of hydrogen-bond donors (Lipinski definition) is 2. The average molecular weight is 273 g/mol. The van der Waals surface area contributed by atoms with Crippen molar-refractivity contribution < 1.29 is 14.7 Å². The number of hydrogen-bond acceptors (Lipinski definition) is 4. The number of piperazine rings is 1. The molecule has 1 aromatic rings. The molecule has 0 radical (unpaired) electrons. The van der Waals surface area contributed by atoms with Crippen LogP contribution in [0.4, 0.5) is 0 Å². The number of amides is 2. The number of aromatic nitrogens is 1. The van der Waals surface area contributed by atoms with Gasteiger partial charge in [-0.1, -0.05) is 11.8 Å². The highest BCUT2D eigenvalue weighted by Gasteiger charge is 2.30. The Morgan fingerprint density at radius 1 is 1.60 bits per heavy atom. The van der Waals surface area contributed by atoms with Crippen molar-refractivity contribution in [1.29, 1.82) is 0 Å². The smallest absolute Gasteiger partial charge is 0.273 e. The minimum atomic E-state index is -0.494. The molecular formula is C14H15N3O3. The van der Waals surface area contributed by atoms with Gasteiger partial charge in [-0.3, -0.25) is 9.59 Å². The Kier molecular flexibility index (Phi) is 4.33. The lowest BCUT2D eigenvalue weighted by atomic mass is 10.1. The molecule has 0 aliphatic carbocycles. The van der Waals surface area contributed by atoms with E-state index < -0.39 is 6.04 Å². The summed E-state index contributed by atoms with van der Waals surface area (Å²) in [6.07, 6.45) is 1.48. The summed E-state index contributed by atoms with van der Waals surface area (Å²) in [5.74, 6) is 4.78. The number of rotatable bonds is 1. The molecule has 0 spiro atoms. The molecule has 0 saturated carbocycles. The second-order valence-electron chi connectivity index (χ2n) is 4.36. The average Bonchev–Trinajstić information content (AvgIpc) is 2.48. The van der Waals surface area contributed by atoms with Crippen LogP contribution in [0.5, 0.6) is 0 Å². The molecule has 6 nitrogen and oxygen atoms in total. The van der Waals surface area contributed by atoms with Gasteiger partial charge >= 0.3 is 0 Å². The number of pyridine rings is 1. The Morgan fingerprint density at radius 3 is 3.05 bits per heavy atom. The molecule has 1 aliphatic rings. The van der Waals surface area contributed by atoms with Gasteiger partial charge in [-0.2, -0.15) is 0 Å². The number of nitrogens with zero attached hydrogens (tertiary/aromatic N) is 2. The highest BCUT2D eigenvalue weighted by atomic mass is 16.2. The summed E-state index contributed by atoms with van der Waals surface area (Å²) in [6, 6.07) is 2.74. The van der Waals surface area contributed by atoms with Gasteiger partial charge in [0.25, 0.3) is 5.91 Å². The number of aliphatic hydroxyl groups is 1. The van der Waals surface area contributed by atoms with E-state index >= 15 is 0 Å². The van der Waals surface area contributed by atoms with Gasteiger partial charge in [0.1, 0.15) is 18.3 Å². The zero-order chi connectivity index (χ0) is 14.5. The van der Waals surface area contributed by atoms with Gasteiger partial charge < -0.3 is 15.3 Å². The summed E-state index contributed by atoms with van der Waals surface area (Å²) in [6.45, 7) is 2.39. The van der Waals surface area contributed by atoms with E-state index in [1.54, 1.807) is 19.1 Å². The number of carbonyl (C=O) groups is 2. The van der Waals surface area contributed by atoms with E-state index in [4.69, 9.17) is 5.11 Å². The summed E-state index contributed by atoms with van der Waals surface area (Å²) in [5.41, 5.74) is 0.904. The lowest BCUT2D eigenvalue weighted by molar-refractivity contribution is -0.127. The fourth-order valence-corrected chi connectivity index (χ4v) is 1.94. The third-order valence-corrected chi connectivity index (χ3v) is 3.05. The standard InChI is InChI=1S/C14H15N3O3/c1-10-13(19)15-6-7-17(10)14(20)12-5-4-11(9-16-12)3-2-8-18/h4-5,9-10,18H,6-8H2,1H3,(H,15,19). The van der Waals surface area contributed by atoms with Crippen LogP contribution in [0, 0.1) is 11.8 Å². The maximum atomic E-state index is 12.3. The molecule has 1 atom stereocenters. The zero-order valence-electron chi connectivity index (χ0n) is 11.1. The molecule has 0 bridgehead atoms. The van der Waals surface area contributed by atoms with E-state index in [-0.39, 0.29) is 24.1 Å². The normalized spacial score (nSPS) is 18.0. The minimum Gasteiger partial charge on any atom is -0.384 e. The van der Waals surface area contributed by atoms with Crippen molar-refractivity contribution in [3.8, 4) is 11.8 Å². The highest BCUT2D eigenvalue weighted by Crippen LogP contribution is 2.10. The minimum absolute atomic E-state index is 0.157. The summed E-state index contributed by atoms with van der Waals surface area (Å²) in [4.78, 5) is 29.4. The molecule has 2 N–H and O–H groups in total. The van der Waals surface area contributed by atoms with Gasteiger partial charge in [0.05, 0.1) is 0 Å². The van der Waals surface area contributed by atoms with E-state index in [9.17, 15) is 9.59 Å². The fraction of sp³-hybridized carbons (Fsp3) is 0.357. The quantitative estimate of drug-likeness (QED) is 0.668. The highest BCUT2D eigenvalue weighted by molar-refractivity contribution is 5.96. The van der Waals surface area contributed by atoms with Crippen molar-refractivity contribution >= 4 is 11.8 Å². The molecule has 6 heteroatoms. The second kappa shape index (κ2) is 6.17. The van der Waals surface area contributed by atoms with Gasteiger partial charge in [0, 0.05) is 24.8 Å². The van der Waals surface area contributed by atoms with Crippen LogP contribution >= 0.6 is 0 Å². The molecule has 2 heterocycles. The first-order chi connectivity index (χ1) is 9.63. The first-order valence-corrected chi connectivity index (χ1v) is 6.28. The first kappa shape index (κ1) is 14.0. The lowest BCUT2D eigenvalue weighted by Gasteiger charge is -2.32. The van der Waals surface area contributed by atoms with Crippen LogP contribution in [0.1, 0.15) is 23.0 Å². The fourth-order valence-electron chi connectivity index (χ4n) is 1.94. The summed E-state index contributed by atoms with van der Waals surface area (Å²) in [7, 11) is 0. The Morgan fingerprint density at radius 2 is 2.40 bits per heavy atom. The molecule has 20 heavy (non-hydrogen) atoms. The molecular weight excluding hydrogens is 258 g/mol. The molecule has 1 fully saturated rings. The first-order valence-electron chi connectivity index (χ1n) is 6.28. The Balaban J connectivity index is 2.14. The summed E-state index contributed by atoms with van der Waals surface area (Å²) < 4.78 is 0. The summed E-state index contributed by atoms with van der Waals surface area (Å²) in [5, 5.41) is 11.3. The van der Waals surface area contributed by atoms with Gasteiger partial charge in [-0.05, 0) is 19.1 Å². The maximum absolute atomic E-state index is 12.3. The van der Waals surface area contributed by atoms with Gasteiger partial charge in [0.2, 0.25) is 5.91 Å². The molecule has 1 unspecified atom stereocenters. The largest absolute Gasteiger partial charge is 0.384 e. The van der Waals surface area contributed by atoms with Crippen LogP contribution in [0.25, 0.3) is 0 Å². The Bertz CT molecular complexity index is 572. The van der Waals surface area contributed by atoms with Gasteiger partial charge in [-0.15, -0.1) is 0 Å². The molecule has 2 amide bonds. The predicted molar refractivity (Wildman–Crippen MR) is 71.7 cm³/mol. The van der Waals surface area contributed by atoms with Crippen molar-refractivity contribution in [2.45, 2.75) is 13.0 Å². The van der Waals surface area contributed by atoms with Crippen molar-refractivity contribution in [1.82, 2.24) is 15.2 Å². The van der Waals surface area contributed by atoms with Crippen LogP contribution in [-0.2, 0) is 4.79 Å². The lowest BCUT2D eigenvalue weighted by Crippen LogP contribution is -2.55. The van der Waals surface area contributed by atoms with E-state index in [2.05, 4.69) is 22.1 Å². The SMILES string of the molecule is CC1C(=O)NCCN1C(=O)c1ccc(C#CCO)cn1. The topological polar surface area (TPSA) is 82.5 Å². The number of nitrogens with one attached hydrogen (secondary N) is 1. The predicted octanol–water partition coefficient (Wildman–Crippen LogP) is -0.614. The van der Waals surface area contributed by atoms with Crippen molar-refractivity contribution in [2.75, 3.05) is 19.7 Å². The van der Waals surface area contributed by atoms with Crippen LogP contribution < -0.4 is 5.32 Å². The van der Waals surface area contributed by atoms with Crippen LogP contribution in [-0.4, -0.2) is 52.5 Å². The summed E-state index contributed by atoms with van der Waals surface area (Å²) >= 11 is 0.